The van der Waals surface area contributed by atoms with Crippen LogP contribution >= 0.6 is 0 Å². The van der Waals surface area contributed by atoms with E-state index in [4.69, 9.17) is 9.15 Å². The minimum absolute atomic E-state index is 0.00486. The summed E-state index contributed by atoms with van der Waals surface area (Å²) in [4.78, 5) is 26.2. The van der Waals surface area contributed by atoms with Crippen molar-refractivity contribution in [2.24, 2.45) is 5.92 Å². The molecule has 1 unspecified atom stereocenters. The first kappa shape index (κ1) is 21.4. The van der Waals surface area contributed by atoms with Gasteiger partial charge in [0.25, 0.3) is 5.91 Å². The lowest BCUT2D eigenvalue weighted by atomic mass is 10.1. The van der Waals surface area contributed by atoms with Gasteiger partial charge in [0, 0.05) is 29.6 Å². The third kappa shape index (κ3) is 4.80. The lowest BCUT2D eigenvalue weighted by Gasteiger charge is -2.30. The molecule has 1 aliphatic rings. The van der Waals surface area contributed by atoms with Crippen LogP contribution < -0.4 is 10.4 Å². The molecule has 158 valence electrons. The predicted octanol–water partition coefficient (Wildman–Crippen LogP) is 2.46. The van der Waals surface area contributed by atoms with Gasteiger partial charge >= 0.3 is 5.63 Å². The zero-order valence-corrected chi connectivity index (χ0v) is 18.0. The van der Waals surface area contributed by atoms with Crippen LogP contribution in [0.5, 0.6) is 5.75 Å². The number of carbonyl (C=O) groups is 1. The Balaban J connectivity index is 1.79. The molecular weight excluding hydrogens is 394 g/mol. The highest BCUT2D eigenvalue weighted by Crippen LogP contribution is 2.28. The van der Waals surface area contributed by atoms with Gasteiger partial charge in [-0.1, -0.05) is 13.8 Å². The molecule has 1 aromatic carbocycles. The Hall–Kier alpha value is -2.35. The van der Waals surface area contributed by atoms with Crippen LogP contribution in [-0.4, -0.2) is 49.9 Å². The maximum Gasteiger partial charge on any atom is 0.336 e. The van der Waals surface area contributed by atoms with E-state index < -0.39 is 15.5 Å². The number of aryl methyl sites for hydroxylation is 2. The molecule has 8 heteroatoms. The fourth-order valence-electron chi connectivity index (χ4n) is 3.75. The van der Waals surface area contributed by atoms with Crippen molar-refractivity contribution in [1.82, 2.24) is 4.90 Å². The Labute approximate surface area is 170 Å². The molecule has 3 rings (SSSR count). The minimum atomic E-state index is -3.09. The fraction of sp³-hybridized carbons (Fsp3) is 0.524. The van der Waals surface area contributed by atoms with E-state index in [-0.39, 0.29) is 36.0 Å². The van der Waals surface area contributed by atoms with E-state index in [2.05, 4.69) is 0 Å². The zero-order chi connectivity index (χ0) is 21.3. The Morgan fingerprint density at radius 3 is 2.66 bits per heavy atom. The molecule has 1 saturated heterocycles. The second kappa shape index (κ2) is 8.18. The lowest BCUT2D eigenvalue weighted by molar-refractivity contribution is -0.135. The molecule has 0 bridgehead atoms. The van der Waals surface area contributed by atoms with E-state index >= 15 is 0 Å². The number of benzene rings is 1. The summed E-state index contributed by atoms with van der Waals surface area (Å²) in [6, 6.07) is 4.68. The second-order valence-corrected chi connectivity index (χ2v) is 10.3. The maximum absolute atomic E-state index is 12.9. The Bertz CT molecular complexity index is 1090. The average molecular weight is 422 g/mol. The summed E-state index contributed by atoms with van der Waals surface area (Å²) in [5.41, 5.74) is 1.47. The highest BCUT2D eigenvalue weighted by atomic mass is 32.2. The summed E-state index contributed by atoms with van der Waals surface area (Å²) in [5.74, 6) is 0.545. The van der Waals surface area contributed by atoms with Crippen molar-refractivity contribution in [3.05, 3.63) is 39.7 Å². The van der Waals surface area contributed by atoms with Crippen molar-refractivity contribution in [3.63, 3.8) is 0 Å². The molecular formula is C21H27NO6S. The van der Waals surface area contributed by atoms with Gasteiger partial charge in [-0.15, -0.1) is 0 Å². The number of nitrogens with zero attached hydrogens (tertiary/aromatic N) is 1. The van der Waals surface area contributed by atoms with E-state index in [9.17, 15) is 18.0 Å². The van der Waals surface area contributed by atoms with Gasteiger partial charge in [0.2, 0.25) is 0 Å². The van der Waals surface area contributed by atoms with E-state index in [0.717, 1.165) is 10.9 Å². The first-order valence-electron chi connectivity index (χ1n) is 9.74. The van der Waals surface area contributed by atoms with Crippen LogP contribution in [0.15, 0.2) is 27.4 Å². The molecule has 0 aliphatic carbocycles. The molecule has 1 fully saturated rings. The van der Waals surface area contributed by atoms with Gasteiger partial charge in [-0.2, -0.15) is 0 Å². The number of hydrogen-bond donors (Lipinski definition) is 0. The van der Waals surface area contributed by atoms with Crippen LogP contribution in [0.3, 0.4) is 0 Å². The Kier molecular flexibility index (Phi) is 6.03. The van der Waals surface area contributed by atoms with Crippen LogP contribution in [0.2, 0.25) is 0 Å². The molecule has 1 aliphatic heterocycles. The van der Waals surface area contributed by atoms with Gasteiger partial charge < -0.3 is 14.1 Å². The monoisotopic (exact) mass is 421 g/mol. The Morgan fingerprint density at radius 1 is 1.31 bits per heavy atom. The highest BCUT2D eigenvalue weighted by Gasteiger charge is 2.35. The quantitative estimate of drug-likeness (QED) is 0.665. The van der Waals surface area contributed by atoms with Gasteiger partial charge in [-0.3, -0.25) is 4.79 Å². The number of amides is 1. The summed E-state index contributed by atoms with van der Waals surface area (Å²) in [7, 11) is -3.09. The van der Waals surface area contributed by atoms with Gasteiger partial charge in [0.1, 0.15) is 11.3 Å². The topological polar surface area (TPSA) is 93.9 Å². The molecule has 0 N–H and O–H groups in total. The number of carbonyl (C=O) groups excluding carboxylic acids is 1. The first-order chi connectivity index (χ1) is 13.6. The molecule has 29 heavy (non-hydrogen) atoms. The van der Waals surface area contributed by atoms with Crippen molar-refractivity contribution in [2.75, 3.05) is 24.7 Å². The SMILES string of the molecule is Cc1cc(=O)oc2c(C)c(OCC(=O)N(CC(C)C)C3CCS(=O)(=O)C3)ccc12. The Morgan fingerprint density at radius 2 is 2.03 bits per heavy atom. The summed E-state index contributed by atoms with van der Waals surface area (Å²) in [6.07, 6.45) is 0.459. The molecule has 0 radical (unpaired) electrons. The molecule has 0 spiro atoms. The third-order valence-electron chi connectivity index (χ3n) is 5.20. The smallest absolute Gasteiger partial charge is 0.336 e. The fourth-order valence-corrected chi connectivity index (χ4v) is 5.48. The third-order valence-corrected chi connectivity index (χ3v) is 6.95. The van der Waals surface area contributed by atoms with Crippen molar-refractivity contribution >= 4 is 26.7 Å². The summed E-state index contributed by atoms with van der Waals surface area (Å²) in [5, 5.41) is 0.818. The zero-order valence-electron chi connectivity index (χ0n) is 17.2. The van der Waals surface area contributed by atoms with Crippen LogP contribution in [0.4, 0.5) is 0 Å². The molecule has 2 aromatic rings. The summed E-state index contributed by atoms with van der Waals surface area (Å²) >= 11 is 0. The largest absolute Gasteiger partial charge is 0.483 e. The maximum atomic E-state index is 12.9. The van der Waals surface area contributed by atoms with Gasteiger partial charge in [0.05, 0.1) is 11.5 Å². The minimum Gasteiger partial charge on any atom is -0.483 e. The van der Waals surface area contributed by atoms with Gasteiger partial charge in [0.15, 0.2) is 16.4 Å². The van der Waals surface area contributed by atoms with Crippen molar-refractivity contribution in [3.8, 4) is 5.75 Å². The molecule has 2 heterocycles. The molecule has 1 aromatic heterocycles. The van der Waals surface area contributed by atoms with E-state index in [1.165, 1.54) is 6.07 Å². The number of hydrogen-bond acceptors (Lipinski definition) is 6. The van der Waals surface area contributed by atoms with E-state index in [1.807, 2.05) is 20.8 Å². The molecule has 0 saturated carbocycles. The number of sulfone groups is 1. The van der Waals surface area contributed by atoms with Crippen molar-refractivity contribution in [2.45, 2.75) is 40.2 Å². The second-order valence-electron chi connectivity index (χ2n) is 8.10. The van der Waals surface area contributed by atoms with Gasteiger partial charge in [-0.05, 0) is 43.9 Å². The predicted molar refractivity (Wildman–Crippen MR) is 111 cm³/mol. The average Bonchev–Trinajstić information content (AvgIpc) is 2.98. The highest BCUT2D eigenvalue weighted by molar-refractivity contribution is 7.91. The van der Waals surface area contributed by atoms with Crippen LogP contribution in [0.25, 0.3) is 11.0 Å². The molecule has 7 nitrogen and oxygen atoms in total. The molecule has 1 amide bonds. The van der Waals surface area contributed by atoms with Crippen molar-refractivity contribution in [1.29, 1.82) is 0 Å². The molecule has 1 atom stereocenters. The van der Waals surface area contributed by atoms with Gasteiger partial charge in [-0.25, -0.2) is 13.2 Å². The summed E-state index contributed by atoms with van der Waals surface area (Å²) < 4.78 is 34.8. The van der Waals surface area contributed by atoms with E-state index in [1.54, 1.807) is 24.0 Å². The number of fused-ring (bicyclic) bond motifs is 1. The van der Waals surface area contributed by atoms with Crippen LogP contribution in [0, 0.1) is 19.8 Å². The lowest BCUT2D eigenvalue weighted by Crippen LogP contribution is -2.45. The van der Waals surface area contributed by atoms with E-state index in [0.29, 0.717) is 29.9 Å². The first-order valence-corrected chi connectivity index (χ1v) is 11.6. The van der Waals surface area contributed by atoms with Crippen LogP contribution in [0.1, 0.15) is 31.4 Å². The van der Waals surface area contributed by atoms with Crippen molar-refractivity contribution < 1.29 is 22.4 Å². The normalized spacial score (nSPS) is 18.3. The number of rotatable bonds is 6. The van der Waals surface area contributed by atoms with Crippen LogP contribution in [-0.2, 0) is 14.6 Å². The standard InChI is InChI=1S/C21H27NO6S/c1-13(2)10-22(16-7-8-29(25,26)12-16)19(23)11-27-18-6-5-17-14(3)9-20(24)28-21(17)15(18)4/h5-6,9,13,16H,7-8,10-12H2,1-4H3. The number of ether oxygens (including phenoxy) is 1. The summed E-state index contributed by atoms with van der Waals surface area (Å²) in [6.45, 7) is 7.87.